The zero-order valence-electron chi connectivity index (χ0n) is 22.0. The van der Waals surface area contributed by atoms with Crippen molar-refractivity contribution in [1.82, 2.24) is 19.8 Å². The molecule has 204 valence electrons. The summed E-state index contributed by atoms with van der Waals surface area (Å²) < 4.78 is 17.0. The minimum Gasteiger partial charge on any atom is -0.472 e. The largest absolute Gasteiger partial charge is 0.472 e. The van der Waals surface area contributed by atoms with Crippen LogP contribution in [0.4, 0.5) is 10.5 Å². The summed E-state index contributed by atoms with van der Waals surface area (Å²) in [5, 5.41) is 12.8. The fourth-order valence-electron chi connectivity index (χ4n) is 4.56. The van der Waals surface area contributed by atoms with Crippen LogP contribution < -0.4 is 19.5 Å². The molecule has 11 nitrogen and oxygen atoms in total. The lowest BCUT2D eigenvalue weighted by Crippen LogP contribution is -2.50. The summed E-state index contributed by atoms with van der Waals surface area (Å²) in [6.07, 6.45) is 4.54. The smallest absolute Gasteiger partial charge is 0.321 e. The first-order chi connectivity index (χ1) is 18.8. The Hall–Kier alpha value is -4.38. The van der Waals surface area contributed by atoms with E-state index in [-0.39, 0.29) is 43.7 Å². The third-order valence-electron chi connectivity index (χ3n) is 6.94. The predicted octanol–water partition coefficient (Wildman–Crippen LogP) is 3.26. The van der Waals surface area contributed by atoms with Gasteiger partial charge in [-0.25, -0.2) is 9.78 Å². The second-order valence-electron chi connectivity index (χ2n) is 9.82. The van der Waals surface area contributed by atoms with Crippen LogP contribution in [0.25, 0.3) is 11.1 Å². The minimum absolute atomic E-state index is 0.150. The van der Waals surface area contributed by atoms with Crippen molar-refractivity contribution in [2.75, 3.05) is 38.9 Å². The van der Waals surface area contributed by atoms with Crippen molar-refractivity contribution in [3.05, 3.63) is 60.6 Å². The van der Waals surface area contributed by atoms with E-state index in [0.29, 0.717) is 29.3 Å². The van der Waals surface area contributed by atoms with Crippen molar-refractivity contribution in [2.24, 2.45) is 5.92 Å². The average Bonchev–Trinajstić information content (AvgIpc) is 3.42. The van der Waals surface area contributed by atoms with Gasteiger partial charge in [0.2, 0.25) is 12.7 Å². The second-order valence-corrected chi connectivity index (χ2v) is 9.82. The monoisotopic (exact) mass is 533 g/mol. The normalized spacial score (nSPS) is 18.9. The Morgan fingerprint density at radius 1 is 1.21 bits per heavy atom. The van der Waals surface area contributed by atoms with Crippen molar-refractivity contribution >= 4 is 17.6 Å². The van der Waals surface area contributed by atoms with Crippen LogP contribution in [0.2, 0.25) is 0 Å². The van der Waals surface area contributed by atoms with E-state index in [9.17, 15) is 14.7 Å². The lowest BCUT2D eigenvalue weighted by molar-refractivity contribution is 0.0356. The second kappa shape index (κ2) is 11.2. The summed E-state index contributed by atoms with van der Waals surface area (Å²) in [6.45, 7) is 4.28. The van der Waals surface area contributed by atoms with Gasteiger partial charge in [-0.1, -0.05) is 13.0 Å². The molecule has 2 N–H and O–H groups in total. The molecule has 5 rings (SSSR count). The number of carbonyl (C=O) groups excluding carboxylic acids is 2. The van der Waals surface area contributed by atoms with Crippen molar-refractivity contribution in [3.63, 3.8) is 0 Å². The molecule has 0 aliphatic carbocycles. The number of benzene rings is 1. The van der Waals surface area contributed by atoms with Crippen molar-refractivity contribution in [2.45, 2.75) is 26.0 Å². The van der Waals surface area contributed by atoms with Crippen LogP contribution in [-0.2, 0) is 0 Å². The van der Waals surface area contributed by atoms with Crippen LogP contribution in [0.3, 0.4) is 0 Å². The molecule has 2 aromatic heterocycles. The van der Waals surface area contributed by atoms with Gasteiger partial charge in [0.1, 0.15) is 11.7 Å². The van der Waals surface area contributed by atoms with Gasteiger partial charge in [-0.15, -0.1) is 0 Å². The number of aliphatic hydroxyl groups excluding tert-OH is 1. The number of aliphatic hydroxyl groups is 1. The fourth-order valence-corrected chi connectivity index (χ4v) is 4.56. The molecule has 0 fully saturated rings. The molecule has 0 spiro atoms. The Morgan fingerprint density at radius 2 is 2.03 bits per heavy atom. The standard InChI is InChI=1S/C28H31N5O6/c1-17-13-33(18(2)15-34)27(35)22-9-20(19-5-4-8-29-11-19)12-30-26(22)39-25(17)14-32(3)28(36)31-21-6-7-23-24(10-21)38-16-37-23/h4-12,17-18,25,34H,13-16H2,1-3H3,(H,31,36)/t17-,18+,25-/m1/s1. The van der Waals surface area contributed by atoms with E-state index in [1.54, 1.807) is 61.7 Å². The van der Waals surface area contributed by atoms with Gasteiger partial charge in [0, 0.05) is 61.0 Å². The highest BCUT2D eigenvalue weighted by Gasteiger charge is 2.35. The molecule has 3 amide bonds. The van der Waals surface area contributed by atoms with Crippen molar-refractivity contribution in [3.8, 4) is 28.5 Å². The minimum atomic E-state index is -0.477. The van der Waals surface area contributed by atoms with Crippen LogP contribution >= 0.6 is 0 Å². The Kier molecular flexibility index (Phi) is 7.51. The van der Waals surface area contributed by atoms with Gasteiger partial charge in [0.05, 0.1) is 19.2 Å². The van der Waals surface area contributed by atoms with E-state index >= 15 is 0 Å². The number of hydrogen-bond acceptors (Lipinski definition) is 8. The first-order valence-corrected chi connectivity index (χ1v) is 12.7. The summed E-state index contributed by atoms with van der Waals surface area (Å²) in [5.74, 6) is 0.945. The summed E-state index contributed by atoms with van der Waals surface area (Å²) in [6, 6.07) is 9.89. The molecule has 3 atom stereocenters. The maximum Gasteiger partial charge on any atom is 0.321 e. The molecule has 2 aliphatic heterocycles. The van der Waals surface area contributed by atoms with Gasteiger partial charge >= 0.3 is 6.03 Å². The number of amides is 3. The molecular formula is C28H31N5O6. The average molecular weight is 534 g/mol. The van der Waals surface area contributed by atoms with Gasteiger partial charge in [-0.3, -0.25) is 9.78 Å². The molecule has 2 aliphatic rings. The van der Waals surface area contributed by atoms with E-state index < -0.39 is 12.1 Å². The highest BCUT2D eigenvalue weighted by atomic mass is 16.7. The SMILES string of the molecule is C[C@@H]1CN([C@@H](C)CO)C(=O)c2cc(-c3cccnc3)cnc2O[C@@H]1CN(C)C(=O)Nc1ccc2c(c1)OCO2. The number of likely N-dealkylation sites (N-methyl/N-ethyl adjacent to an activating group) is 1. The highest BCUT2D eigenvalue weighted by molar-refractivity contribution is 5.98. The predicted molar refractivity (Wildman–Crippen MR) is 143 cm³/mol. The zero-order chi connectivity index (χ0) is 27.5. The molecule has 0 bridgehead atoms. The Labute approximate surface area is 226 Å². The first-order valence-electron chi connectivity index (χ1n) is 12.7. The first kappa shape index (κ1) is 26.2. The van der Waals surface area contributed by atoms with E-state index in [0.717, 1.165) is 11.1 Å². The number of nitrogens with zero attached hydrogens (tertiary/aromatic N) is 4. The van der Waals surface area contributed by atoms with Gasteiger partial charge in [-0.2, -0.15) is 0 Å². The van der Waals surface area contributed by atoms with E-state index in [1.807, 2.05) is 19.1 Å². The summed E-state index contributed by atoms with van der Waals surface area (Å²) >= 11 is 0. The molecule has 0 saturated heterocycles. The van der Waals surface area contributed by atoms with E-state index in [4.69, 9.17) is 14.2 Å². The van der Waals surface area contributed by atoms with Gasteiger partial charge in [0.15, 0.2) is 11.5 Å². The van der Waals surface area contributed by atoms with Crippen LogP contribution in [0.15, 0.2) is 55.0 Å². The lowest BCUT2D eigenvalue weighted by atomic mass is 9.99. The lowest BCUT2D eigenvalue weighted by Gasteiger charge is -2.37. The molecular weight excluding hydrogens is 502 g/mol. The third-order valence-corrected chi connectivity index (χ3v) is 6.94. The summed E-state index contributed by atoms with van der Waals surface area (Å²) in [5.41, 5.74) is 2.40. The Morgan fingerprint density at radius 3 is 2.79 bits per heavy atom. The van der Waals surface area contributed by atoms with Crippen molar-refractivity contribution in [1.29, 1.82) is 0 Å². The highest BCUT2D eigenvalue weighted by Crippen LogP contribution is 2.34. The van der Waals surface area contributed by atoms with E-state index in [1.165, 1.54) is 4.90 Å². The van der Waals surface area contributed by atoms with Crippen molar-refractivity contribution < 1.29 is 28.9 Å². The Bertz CT molecular complexity index is 1350. The molecule has 1 aromatic carbocycles. The molecule has 0 unspecified atom stereocenters. The molecule has 3 aromatic rings. The molecule has 4 heterocycles. The summed E-state index contributed by atoms with van der Waals surface area (Å²) in [7, 11) is 1.68. The quantitative estimate of drug-likeness (QED) is 0.495. The van der Waals surface area contributed by atoms with E-state index in [2.05, 4.69) is 15.3 Å². The summed E-state index contributed by atoms with van der Waals surface area (Å²) in [4.78, 5) is 38.5. The molecule has 0 radical (unpaired) electrons. The number of pyridine rings is 2. The molecule has 39 heavy (non-hydrogen) atoms. The number of fused-ring (bicyclic) bond motifs is 2. The number of aromatic nitrogens is 2. The number of urea groups is 1. The number of carbonyl (C=O) groups is 2. The van der Waals surface area contributed by atoms with Crippen LogP contribution in [0, 0.1) is 5.92 Å². The van der Waals surface area contributed by atoms with Gasteiger partial charge in [0.25, 0.3) is 5.91 Å². The number of nitrogens with one attached hydrogen (secondary N) is 1. The van der Waals surface area contributed by atoms with Gasteiger partial charge in [-0.05, 0) is 31.2 Å². The molecule has 11 heteroatoms. The third kappa shape index (κ3) is 5.58. The number of rotatable bonds is 6. The molecule has 0 saturated carbocycles. The maximum absolute atomic E-state index is 13.6. The number of ether oxygens (including phenoxy) is 3. The van der Waals surface area contributed by atoms with Crippen LogP contribution in [0.5, 0.6) is 17.4 Å². The zero-order valence-corrected chi connectivity index (χ0v) is 22.0. The van der Waals surface area contributed by atoms with Crippen LogP contribution in [-0.4, -0.2) is 82.5 Å². The Balaban J connectivity index is 1.38. The fraction of sp³-hybridized carbons (Fsp3) is 0.357. The van der Waals surface area contributed by atoms with Gasteiger partial charge < -0.3 is 34.4 Å². The van der Waals surface area contributed by atoms with Crippen LogP contribution in [0.1, 0.15) is 24.2 Å². The topological polar surface area (TPSA) is 126 Å². The number of anilines is 1. The number of hydrogen-bond donors (Lipinski definition) is 2. The maximum atomic E-state index is 13.6.